The quantitative estimate of drug-likeness (QED) is 0.701. The second-order valence-corrected chi connectivity index (χ2v) is 7.18. The summed E-state index contributed by atoms with van der Waals surface area (Å²) in [7, 11) is 0. The fraction of sp³-hybridized carbons (Fsp3) is 0.333. The summed E-state index contributed by atoms with van der Waals surface area (Å²) >= 11 is 0. The van der Waals surface area contributed by atoms with Crippen LogP contribution in [0.2, 0.25) is 0 Å². The first-order chi connectivity index (χ1) is 10.4. The summed E-state index contributed by atoms with van der Waals surface area (Å²) in [4.78, 5) is 0. The first-order valence-electron chi connectivity index (χ1n) is 8.03. The lowest BCUT2D eigenvalue weighted by molar-refractivity contribution is 0.527. The fourth-order valence-corrected chi connectivity index (χ4v) is 3.15. The summed E-state index contributed by atoms with van der Waals surface area (Å²) < 4.78 is 0. The maximum Gasteiger partial charge on any atom is 0.0417 e. The van der Waals surface area contributed by atoms with Crippen molar-refractivity contribution >= 4 is 16.9 Å². The molecular formula is C21H25N. The molecule has 114 valence electrons. The molecule has 1 heteroatoms. The molecule has 0 unspecified atom stereocenters. The number of hydrogen-bond acceptors (Lipinski definition) is 1. The van der Waals surface area contributed by atoms with Crippen LogP contribution in [-0.2, 0) is 5.41 Å². The van der Waals surface area contributed by atoms with E-state index in [0.717, 1.165) is 12.1 Å². The fourth-order valence-electron chi connectivity index (χ4n) is 3.15. The van der Waals surface area contributed by atoms with Crippen LogP contribution in [0.3, 0.4) is 0 Å². The van der Waals surface area contributed by atoms with Crippen molar-refractivity contribution in [1.82, 2.24) is 0 Å². The molecule has 2 aromatic rings. The monoisotopic (exact) mass is 291 g/mol. The lowest BCUT2D eigenvalue weighted by atomic mass is 9.73. The van der Waals surface area contributed by atoms with Crippen molar-refractivity contribution in [2.45, 2.75) is 46.5 Å². The molecule has 0 spiro atoms. The molecule has 0 saturated heterocycles. The molecule has 1 nitrogen and oxygen atoms in total. The highest BCUT2D eigenvalue weighted by Gasteiger charge is 2.27. The molecule has 0 radical (unpaired) electrons. The number of benzene rings is 2. The van der Waals surface area contributed by atoms with Crippen molar-refractivity contribution in [3.8, 4) is 0 Å². The average molecular weight is 291 g/mol. The molecule has 0 bridgehead atoms. The van der Waals surface area contributed by atoms with Gasteiger partial charge in [0.05, 0.1) is 0 Å². The van der Waals surface area contributed by atoms with Gasteiger partial charge >= 0.3 is 0 Å². The Kier molecular flexibility index (Phi) is 3.60. The van der Waals surface area contributed by atoms with E-state index in [-0.39, 0.29) is 5.41 Å². The Morgan fingerprint density at radius 1 is 0.955 bits per heavy atom. The van der Waals surface area contributed by atoms with Crippen molar-refractivity contribution < 1.29 is 0 Å². The zero-order chi connectivity index (χ0) is 15.9. The van der Waals surface area contributed by atoms with Gasteiger partial charge in [0.1, 0.15) is 0 Å². The highest BCUT2D eigenvalue weighted by atomic mass is 14.9. The average Bonchev–Trinajstić information content (AvgIpc) is 2.47. The van der Waals surface area contributed by atoms with Crippen LogP contribution in [0.25, 0.3) is 5.57 Å². The molecule has 0 atom stereocenters. The van der Waals surface area contributed by atoms with Gasteiger partial charge < -0.3 is 5.32 Å². The Morgan fingerprint density at radius 2 is 1.64 bits per heavy atom. The SMILES string of the molecule is CC1=CCC(C)(C)c2cc(Nc3ccc(C)cc3)c(C)cc21. The van der Waals surface area contributed by atoms with Gasteiger partial charge in [-0.25, -0.2) is 0 Å². The predicted octanol–water partition coefficient (Wildman–Crippen LogP) is 6.13. The number of nitrogens with one attached hydrogen (secondary N) is 1. The van der Waals surface area contributed by atoms with Crippen molar-refractivity contribution in [2.24, 2.45) is 0 Å². The second kappa shape index (κ2) is 5.31. The van der Waals surface area contributed by atoms with Crippen molar-refractivity contribution in [3.05, 3.63) is 64.7 Å². The van der Waals surface area contributed by atoms with Gasteiger partial charge in [0, 0.05) is 11.4 Å². The molecule has 1 N–H and O–H groups in total. The molecule has 2 aromatic carbocycles. The summed E-state index contributed by atoms with van der Waals surface area (Å²) in [5.41, 5.74) is 9.40. The lowest BCUT2D eigenvalue weighted by Gasteiger charge is -2.32. The van der Waals surface area contributed by atoms with Gasteiger partial charge in [-0.1, -0.05) is 37.6 Å². The number of fused-ring (bicyclic) bond motifs is 1. The van der Waals surface area contributed by atoms with Crippen LogP contribution in [0.15, 0.2) is 42.5 Å². The number of rotatable bonds is 2. The maximum atomic E-state index is 3.58. The van der Waals surface area contributed by atoms with Gasteiger partial charge in [0.2, 0.25) is 0 Å². The third-order valence-corrected chi connectivity index (χ3v) is 4.77. The minimum absolute atomic E-state index is 0.201. The summed E-state index contributed by atoms with van der Waals surface area (Å²) in [6.07, 6.45) is 3.48. The smallest absolute Gasteiger partial charge is 0.0417 e. The van der Waals surface area contributed by atoms with Crippen molar-refractivity contribution in [3.63, 3.8) is 0 Å². The third-order valence-electron chi connectivity index (χ3n) is 4.77. The standard InChI is InChI=1S/C21H25N/c1-14-6-8-17(9-7-14)22-20-13-19-18(12-16(20)3)15(2)10-11-21(19,4)5/h6-10,12-13,22H,11H2,1-5H3. The van der Waals surface area contributed by atoms with Crippen LogP contribution in [0.4, 0.5) is 11.4 Å². The number of hydrogen-bond donors (Lipinski definition) is 1. The third kappa shape index (κ3) is 2.68. The van der Waals surface area contributed by atoms with E-state index in [9.17, 15) is 0 Å². The van der Waals surface area contributed by atoms with Crippen LogP contribution in [0.5, 0.6) is 0 Å². The molecule has 3 rings (SSSR count). The van der Waals surface area contributed by atoms with E-state index in [1.165, 1.54) is 33.5 Å². The maximum absolute atomic E-state index is 3.58. The Balaban J connectivity index is 2.03. The Hall–Kier alpha value is -2.02. The second-order valence-electron chi connectivity index (χ2n) is 7.18. The van der Waals surface area contributed by atoms with Gasteiger partial charge in [-0.15, -0.1) is 0 Å². The van der Waals surface area contributed by atoms with E-state index < -0.39 is 0 Å². The van der Waals surface area contributed by atoms with Gasteiger partial charge in [-0.05, 0) is 79.1 Å². The first kappa shape index (κ1) is 14.9. The molecule has 0 amide bonds. The zero-order valence-electron chi connectivity index (χ0n) is 14.2. The Labute approximate surface area is 134 Å². The van der Waals surface area contributed by atoms with Crippen molar-refractivity contribution in [1.29, 1.82) is 0 Å². The van der Waals surface area contributed by atoms with E-state index >= 15 is 0 Å². The molecule has 1 aliphatic rings. The van der Waals surface area contributed by atoms with E-state index in [2.05, 4.69) is 82.4 Å². The predicted molar refractivity (Wildman–Crippen MR) is 96.9 cm³/mol. The normalized spacial score (nSPS) is 16.0. The highest BCUT2D eigenvalue weighted by molar-refractivity contribution is 5.76. The number of allylic oxidation sites excluding steroid dienone is 2. The van der Waals surface area contributed by atoms with Crippen molar-refractivity contribution in [2.75, 3.05) is 5.32 Å². The summed E-state index contributed by atoms with van der Waals surface area (Å²) in [5.74, 6) is 0. The van der Waals surface area contributed by atoms with Crippen LogP contribution in [0.1, 0.15) is 49.4 Å². The molecule has 0 aliphatic heterocycles. The van der Waals surface area contributed by atoms with Crippen LogP contribution >= 0.6 is 0 Å². The van der Waals surface area contributed by atoms with Crippen LogP contribution in [0, 0.1) is 13.8 Å². The summed E-state index contributed by atoms with van der Waals surface area (Å²) in [6, 6.07) is 13.3. The lowest BCUT2D eigenvalue weighted by Crippen LogP contribution is -2.21. The summed E-state index contributed by atoms with van der Waals surface area (Å²) in [6.45, 7) is 11.2. The van der Waals surface area contributed by atoms with Gasteiger partial charge in [-0.3, -0.25) is 0 Å². The molecule has 0 heterocycles. The molecule has 0 fully saturated rings. The minimum Gasteiger partial charge on any atom is -0.355 e. The Morgan fingerprint density at radius 3 is 2.32 bits per heavy atom. The number of anilines is 2. The topological polar surface area (TPSA) is 12.0 Å². The van der Waals surface area contributed by atoms with Gasteiger partial charge in [-0.2, -0.15) is 0 Å². The van der Waals surface area contributed by atoms with E-state index in [4.69, 9.17) is 0 Å². The minimum atomic E-state index is 0.201. The zero-order valence-corrected chi connectivity index (χ0v) is 14.2. The summed E-state index contributed by atoms with van der Waals surface area (Å²) in [5, 5.41) is 3.58. The molecule has 1 aliphatic carbocycles. The van der Waals surface area contributed by atoms with Gasteiger partial charge in [0.15, 0.2) is 0 Å². The highest BCUT2D eigenvalue weighted by Crippen LogP contribution is 2.41. The van der Waals surface area contributed by atoms with E-state index in [1.54, 1.807) is 0 Å². The molecular weight excluding hydrogens is 266 g/mol. The van der Waals surface area contributed by atoms with E-state index in [1.807, 2.05) is 0 Å². The molecule has 0 saturated carbocycles. The van der Waals surface area contributed by atoms with E-state index in [0.29, 0.717) is 0 Å². The molecule has 22 heavy (non-hydrogen) atoms. The number of aryl methyl sites for hydroxylation is 2. The van der Waals surface area contributed by atoms with Crippen LogP contribution in [-0.4, -0.2) is 0 Å². The van der Waals surface area contributed by atoms with Gasteiger partial charge in [0.25, 0.3) is 0 Å². The largest absolute Gasteiger partial charge is 0.355 e. The Bertz CT molecular complexity index is 733. The van der Waals surface area contributed by atoms with Crippen LogP contribution < -0.4 is 5.32 Å². The molecule has 0 aromatic heterocycles. The first-order valence-corrected chi connectivity index (χ1v) is 8.03.